The fraction of sp³-hybridized carbons (Fsp3) is 0.174. The Hall–Kier alpha value is -2.85. The molecule has 4 aromatic rings. The molecule has 2 aromatic carbocycles. The number of amides is 1. The fourth-order valence-corrected chi connectivity index (χ4v) is 4.16. The van der Waals surface area contributed by atoms with E-state index in [-0.39, 0.29) is 11.9 Å². The summed E-state index contributed by atoms with van der Waals surface area (Å²) in [5.74, 6) is 0.00303. The topological polar surface area (TPSA) is 34.0 Å². The molecule has 0 spiro atoms. The average molecular weight is 375 g/mol. The van der Waals surface area contributed by atoms with Gasteiger partial charge in [-0.15, -0.1) is 11.3 Å². The Bertz CT molecular complexity index is 1050. The minimum atomic E-state index is 0.00303. The van der Waals surface area contributed by atoms with Crippen LogP contribution in [-0.4, -0.2) is 16.5 Å². The number of rotatable bonds is 6. The number of thiophene rings is 1. The van der Waals surface area contributed by atoms with E-state index in [2.05, 4.69) is 65.5 Å². The number of fused-ring (bicyclic) bond motifs is 1. The highest BCUT2D eigenvalue weighted by Gasteiger charge is 2.14. The van der Waals surface area contributed by atoms with Crippen LogP contribution in [0, 0.1) is 0 Å². The molecule has 0 fully saturated rings. The largest absolute Gasteiger partial charge is 0.349 e. The van der Waals surface area contributed by atoms with Crippen LogP contribution >= 0.6 is 11.3 Å². The molecule has 3 nitrogen and oxygen atoms in total. The lowest BCUT2D eigenvalue weighted by Gasteiger charge is -2.13. The van der Waals surface area contributed by atoms with Gasteiger partial charge in [0.25, 0.3) is 5.91 Å². The van der Waals surface area contributed by atoms with Gasteiger partial charge in [-0.25, -0.2) is 0 Å². The maximum atomic E-state index is 12.6. The summed E-state index contributed by atoms with van der Waals surface area (Å²) in [6.07, 6.45) is 3.95. The van der Waals surface area contributed by atoms with Gasteiger partial charge in [-0.2, -0.15) is 0 Å². The summed E-state index contributed by atoms with van der Waals surface area (Å²) >= 11 is 1.52. The van der Waals surface area contributed by atoms with Crippen molar-refractivity contribution < 1.29 is 4.79 Å². The molecule has 1 N–H and O–H groups in total. The highest BCUT2D eigenvalue weighted by molar-refractivity contribution is 7.16. The van der Waals surface area contributed by atoms with Crippen LogP contribution in [0.3, 0.4) is 0 Å². The normalized spacial score (nSPS) is 12.2. The number of nitrogens with zero attached hydrogens (tertiary/aromatic N) is 1. The Balaban J connectivity index is 1.41. The van der Waals surface area contributed by atoms with Crippen molar-refractivity contribution in [1.29, 1.82) is 0 Å². The first-order valence-corrected chi connectivity index (χ1v) is 10.0. The highest BCUT2D eigenvalue weighted by atomic mass is 32.1. The van der Waals surface area contributed by atoms with E-state index in [0.29, 0.717) is 0 Å². The molecule has 4 rings (SSSR count). The van der Waals surface area contributed by atoms with E-state index >= 15 is 0 Å². The van der Waals surface area contributed by atoms with Gasteiger partial charge in [0, 0.05) is 12.2 Å². The summed E-state index contributed by atoms with van der Waals surface area (Å²) in [6, 6.07) is 24.8. The van der Waals surface area contributed by atoms with Crippen LogP contribution in [-0.2, 0) is 6.42 Å². The van der Waals surface area contributed by atoms with E-state index in [1.807, 2.05) is 30.3 Å². The lowest BCUT2D eigenvalue weighted by atomic mass is 10.1. The Morgan fingerprint density at radius 1 is 1.00 bits per heavy atom. The van der Waals surface area contributed by atoms with Gasteiger partial charge in [0.1, 0.15) is 5.00 Å². The maximum Gasteiger partial charge on any atom is 0.261 e. The van der Waals surface area contributed by atoms with Gasteiger partial charge in [-0.05, 0) is 55.0 Å². The summed E-state index contributed by atoms with van der Waals surface area (Å²) in [5, 5.41) is 5.38. The molecule has 2 aromatic heterocycles. The van der Waals surface area contributed by atoms with Crippen molar-refractivity contribution in [3.63, 3.8) is 0 Å². The van der Waals surface area contributed by atoms with Crippen molar-refractivity contribution in [1.82, 2.24) is 9.88 Å². The van der Waals surface area contributed by atoms with Crippen molar-refractivity contribution >= 4 is 28.1 Å². The smallest absolute Gasteiger partial charge is 0.261 e. The first-order valence-electron chi connectivity index (χ1n) is 9.22. The molecule has 136 valence electrons. The molecule has 0 aliphatic rings. The van der Waals surface area contributed by atoms with Crippen LogP contribution in [0.1, 0.15) is 28.6 Å². The zero-order valence-corrected chi connectivity index (χ0v) is 16.1. The van der Waals surface area contributed by atoms with Crippen molar-refractivity contribution in [2.45, 2.75) is 25.8 Å². The van der Waals surface area contributed by atoms with Gasteiger partial charge < -0.3 is 9.88 Å². The fourth-order valence-electron chi connectivity index (χ4n) is 3.25. The van der Waals surface area contributed by atoms with E-state index in [1.54, 1.807) is 0 Å². The van der Waals surface area contributed by atoms with Crippen molar-refractivity contribution in [2.24, 2.45) is 0 Å². The van der Waals surface area contributed by atoms with Crippen molar-refractivity contribution in [3.8, 4) is 5.00 Å². The number of nitrogens with one attached hydrogen (secondary N) is 1. The Labute approximate surface area is 163 Å². The van der Waals surface area contributed by atoms with Gasteiger partial charge >= 0.3 is 0 Å². The summed E-state index contributed by atoms with van der Waals surface area (Å²) in [4.78, 5) is 13.3. The molecule has 0 radical (unpaired) electrons. The van der Waals surface area contributed by atoms with E-state index < -0.39 is 0 Å². The Morgan fingerprint density at radius 2 is 1.78 bits per heavy atom. The second-order valence-electron chi connectivity index (χ2n) is 6.78. The number of aromatic nitrogens is 1. The lowest BCUT2D eigenvalue weighted by Crippen LogP contribution is -2.32. The summed E-state index contributed by atoms with van der Waals surface area (Å²) in [6.45, 7) is 2.06. The molecule has 2 heterocycles. The Kier molecular flexibility index (Phi) is 5.07. The zero-order valence-electron chi connectivity index (χ0n) is 15.3. The standard InChI is InChI=1S/C23H22N2OS/c1-17(11-12-18-7-3-2-4-8-18)24-23(26)21-13-14-22(27-21)25-16-15-19-9-5-6-10-20(19)25/h2-10,13-17H,11-12H2,1H3,(H,24,26)/t17-/m0/s1. The zero-order chi connectivity index (χ0) is 18.6. The Morgan fingerprint density at radius 3 is 2.63 bits per heavy atom. The monoisotopic (exact) mass is 374 g/mol. The molecule has 1 atom stereocenters. The van der Waals surface area contributed by atoms with Crippen LogP contribution in [0.2, 0.25) is 0 Å². The number of benzene rings is 2. The van der Waals surface area contributed by atoms with E-state index in [1.165, 1.54) is 22.3 Å². The molecule has 27 heavy (non-hydrogen) atoms. The molecule has 0 aliphatic heterocycles. The van der Waals surface area contributed by atoms with E-state index in [4.69, 9.17) is 0 Å². The lowest BCUT2D eigenvalue weighted by molar-refractivity contribution is 0.0942. The van der Waals surface area contributed by atoms with Crippen molar-refractivity contribution in [3.05, 3.63) is 89.4 Å². The van der Waals surface area contributed by atoms with Gasteiger partial charge in [-0.1, -0.05) is 48.5 Å². The molecule has 0 unspecified atom stereocenters. The van der Waals surface area contributed by atoms with Gasteiger partial charge in [0.05, 0.1) is 10.4 Å². The quantitative estimate of drug-likeness (QED) is 0.479. The van der Waals surface area contributed by atoms with Crippen LogP contribution in [0.15, 0.2) is 79.0 Å². The predicted octanol–water partition coefficient (Wildman–Crippen LogP) is 5.44. The third-order valence-electron chi connectivity index (χ3n) is 4.74. The molecular formula is C23H22N2OS. The molecule has 0 bridgehead atoms. The second kappa shape index (κ2) is 7.80. The molecule has 1 amide bonds. The van der Waals surface area contributed by atoms with E-state index in [9.17, 15) is 4.79 Å². The SMILES string of the molecule is C[C@@H](CCc1ccccc1)NC(=O)c1ccc(-n2ccc3ccccc32)s1. The number of hydrogen-bond acceptors (Lipinski definition) is 2. The third kappa shape index (κ3) is 3.96. The number of carbonyl (C=O) groups is 1. The number of para-hydroxylation sites is 1. The number of hydrogen-bond donors (Lipinski definition) is 1. The molecular weight excluding hydrogens is 352 g/mol. The first-order chi connectivity index (χ1) is 13.2. The minimum Gasteiger partial charge on any atom is -0.349 e. The van der Waals surface area contributed by atoms with Gasteiger partial charge in [0.15, 0.2) is 0 Å². The highest BCUT2D eigenvalue weighted by Crippen LogP contribution is 2.26. The van der Waals surface area contributed by atoms with Gasteiger partial charge in [0.2, 0.25) is 0 Å². The summed E-state index contributed by atoms with van der Waals surface area (Å²) in [7, 11) is 0. The summed E-state index contributed by atoms with van der Waals surface area (Å²) in [5.41, 5.74) is 2.46. The molecule has 4 heteroatoms. The molecule has 0 saturated heterocycles. The third-order valence-corrected chi connectivity index (χ3v) is 5.82. The van der Waals surface area contributed by atoms with Crippen LogP contribution in [0.5, 0.6) is 0 Å². The average Bonchev–Trinajstić information content (AvgIpc) is 3.34. The molecule has 0 saturated carbocycles. The molecule has 0 aliphatic carbocycles. The summed E-state index contributed by atoms with van der Waals surface area (Å²) < 4.78 is 2.13. The van der Waals surface area contributed by atoms with Crippen LogP contribution < -0.4 is 5.32 Å². The van der Waals surface area contributed by atoms with Crippen LogP contribution in [0.4, 0.5) is 0 Å². The number of aryl methyl sites for hydroxylation is 1. The first kappa shape index (κ1) is 17.6. The van der Waals surface area contributed by atoms with Crippen LogP contribution in [0.25, 0.3) is 15.9 Å². The van der Waals surface area contributed by atoms with E-state index in [0.717, 1.165) is 28.2 Å². The van der Waals surface area contributed by atoms with Crippen molar-refractivity contribution in [2.75, 3.05) is 0 Å². The second-order valence-corrected chi connectivity index (χ2v) is 7.84. The maximum absolute atomic E-state index is 12.6. The van der Waals surface area contributed by atoms with Gasteiger partial charge in [-0.3, -0.25) is 4.79 Å². The predicted molar refractivity (Wildman–Crippen MR) is 113 cm³/mol. The number of carbonyl (C=O) groups excluding carboxylic acids is 1. The minimum absolute atomic E-state index is 0.00303.